The largest absolute Gasteiger partial charge is 0.508 e. The first-order valence-electron chi connectivity index (χ1n) is 4.29. The van der Waals surface area contributed by atoms with Gasteiger partial charge in [-0.05, 0) is 33.6 Å². The second kappa shape index (κ2) is 3.90. The summed E-state index contributed by atoms with van der Waals surface area (Å²) >= 11 is 3.24. The molecule has 1 aromatic heterocycles. The van der Waals surface area contributed by atoms with Crippen molar-refractivity contribution in [2.75, 3.05) is 5.73 Å². The van der Waals surface area contributed by atoms with Gasteiger partial charge in [-0.25, -0.2) is 4.68 Å². The Morgan fingerprint density at radius 1 is 1.47 bits per heavy atom. The Balaban J connectivity index is 2.25. The van der Waals surface area contributed by atoms with Gasteiger partial charge in [0.1, 0.15) is 5.75 Å². The Bertz CT molecular complexity index is 483. The van der Waals surface area contributed by atoms with Crippen molar-refractivity contribution >= 4 is 21.9 Å². The van der Waals surface area contributed by atoms with Crippen molar-refractivity contribution in [3.63, 3.8) is 0 Å². The second-order valence-electron chi connectivity index (χ2n) is 3.07. The second-order valence-corrected chi connectivity index (χ2v) is 3.78. The van der Waals surface area contributed by atoms with E-state index in [9.17, 15) is 5.11 Å². The minimum absolute atomic E-state index is 0.224. The van der Waals surface area contributed by atoms with Gasteiger partial charge in [0.25, 0.3) is 0 Å². The number of hydrogen-bond donors (Lipinski definition) is 2. The molecule has 0 aliphatic heterocycles. The number of nitrogen functional groups attached to an aromatic ring is 1. The van der Waals surface area contributed by atoms with E-state index in [-0.39, 0.29) is 11.7 Å². The zero-order chi connectivity index (χ0) is 10.8. The van der Waals surface area contributed by atoms with E-state index in [2.05, 4.69) is 26.0 Å². The lowest BCUT2D eigenvalue weighted by Gasteiger charge is -2.02. The van der Waals surface area contributed by atoms with Crippen LogP contribution in [0.3, 0.4) is 0 Å². The number of benzene rings is 1. The zero-order valence-electron chi connectivity index (χ0n) is 7.76. The molecule has 0 radical (unpaired) electrons. The van der Waals surface area contributed by atoms with E-state index in [1.807, 2.05) is 6.07 Å². The lowest BCUT2D eigenvalue weighted by molar-refractivity contribution is 0.474. The minimum atomic E-state index is 0.224. The van der Waals surface area contributed by atoms with Crippen LogP contribution in [-0.4, -0.2) is 19.9 Å². The summed E-state index contributed by atoms with van der Waals surface area (Å²) in [5.74, 6) is 0.457. The fourth-order valence-corrected chi connectivity index (χ4v) is 1.65. The molecule has 0 bridgehead atoms. The van der Waals surface area contributed by atoms with Crippen molar-refractivity contribution in [3.05, 3.63) is 34.6 Å². The first kappa shape index (κ1) is 9.97. The van der Waals surface area contributed by atoms with Gasteiger partial charge in [-0.1, -0.05) is 12.1 Å². The number of hydrogen-bond acceptors (Lipinski definition) is 4. The molecule has 78 valence electrons. The van der Waals surface area contributed by atoms with Crippen LogP contribution in [0.2, 0.25) is 0 Å². The normalized spacial score (nSPS) is 10.5. The fraction of sp³-hybridized carbons (Fsp3) is 0.111. The predicted molar refractivity (Wildman–Crippen MR) is 59.3 cm³/mol. The highest BCUT2D eigenvalue weighted by molar-refractivity contribution is 9.10. The Labute approximate surface area is 94.7 Å². The maximum absolute atomic E-state index is 9.28. The third kappa shape index (κ3) is 2.27. The van der Waals surface area contributed by atoms with E-state index in [4.69, 9.17) is 5.73 Å². The van der Waals surface area contributed by atoms with Gasteiger partial charge < -0.3 is 10.8 Å². The molecule has 6 heteroatoms. The third-order valence-electron chi connectivity index (χ3n) is 1.89. The highest BCUT2D eigenvalue weighted by atomic mass is 79.9. The van der Waals surface area contributed by atoms with Crippen molar-refractivity contribution < 1.29 is 5.11 Å². The highest BCUT2D eigenvalue weighted by Gasteiger charge is 2.05. The Morgan fingerprint density at radius 3 is 2.87 bits per heavy atom. The number of nitrogens with two attached hydrogens (primary N) is 1. The molecule has 0 fully saturated rings. The number of halogens is 1. The molecule has 0 atom stereocenters. The lowest BCUT2D eigenvalue weighted by atomic mass is 10.2. The predicted octanol–water partition coefficient (Wildman–Crippen LogP) is 1.38. The smallest absolute Gasteiger partial charge is 0.240 e. The minimum Gasteiger partial charge on any atom is -0.508 e. The Kier molecular flexibility index (Phi) is 2.59. The number of aromatic hydroxyl groups is 1. The first-order valence-corrected chi connectivity index (χ1v) is 5.08. The molecule has 0 aliphatic rings. The van der Waals surface area contributed by atoms with E-state index in [1.54, 1.807) is 22.9 Å². The zero-order valence-corrected chi connectivity index (χ0v) is 9.35. The number of anilines is 1. The quantitative estimate of drug-likeness (QED) is 0.863. The van der Waals surface area contributed by atoms with E-state index in [0.717, 1.165) is 5.56 Å². The summed E-state index contributed by atoms with van der Waals surface area (Å²) in [6.07, 6.45) is 0. The van der Waals surface area contributed by atoms with Gasteiger partial charge in [-0.15, -0.1) is 5.10 Å². The molecular weight excluding hydrogens is 260 g/mol. The van der Waals surface area contributed by atoms with Gasteiger partial charge in [0.05, 0.1) is 6.54 Å². The van der Waals surface area contributed by atoms with E-state index in [1.165, 1.54) is 0 Å². The van der Waals surface area contributed by atoms with Gasteiger partial charge in [0, 0.05) is 0 Å². The lowest BCUT2D eigenvalue weighted by Crippen LogP contribution is -2.02. The van der Waals surface area contributed by atoms with Gasteiger partial charge in [-0.3, -0.25) is 0 Å². The van der Waals surface area contributed by atoms with Crippen LogP contribution in [-0.2, 0) is 6.54 Å². The molecule has 0 unspecified atom stereocenters. The van der Waals surface area contributed by atoms with Crippen molar-refractivity contribution in [2.24, 2.45) is 0 Å². The molecule has 1 aromatic carbocycles. The molecule has 5 nitrogen and oxygen atoms in total. The summed E-state index contributed by atoms with van der Waals surface area (Å²) in [4.78, 5) is 3.91. The average Bonchev–Trinajstić information content (AvgIpc) is 2.45. The van der Waals surface area contributed by atoms with Crippen LogP contribution in [0.25, 0.3) is 0 Å². The molecule has 1 heterocycles. The van der Waals surface area contributed by atoms with Crippen molar-refractivity contribution in [1.29, 1.82) is 0 Å². The standard InChI is InChI=1S/C9H9BrN4O/c10-8-12-9(11)13-14(8)5-6-2-1-3-7(15)4-6/h1-4,15H,5H2,(H2,11,13). The molecule has 0 spiro atoms. The number of phenols is 1. The molecule has 0 amide bonds. The highest BCUT2D eigenvalue weighted by Crippen LogP contribution is 2.14. The molecule has 2 rings (SSSR count). The van der Waals surface area contributed by atoms with Gasteiger partial charge in [0.2, 0.25) is 5.95 Å². The van der Waals surface area contributed by atoms with Crippen LogP contribution in [0.15, 0.2) is 29.0 Å². The van der Waals surface area contributed by atoms with Crippen LogP contribution < -0.4 is 5.73 Å². The van der Waals surface area contributed by atoms with Crippen LogP contribution in [0.4, 0.5) is 5.95 Å². The SMILES string of the molecule is Nc1nc(Br)n(Cc2cccc(O)c2)n1. The molecule has 3 N–H and O–H groups in total. The maximum Gasteiger partial charge on any atom is 0.240 e. The summed E-state index contributed by atoms with van der Waals surface area (Å²) < 4.78 is 2.19. The summed E-state index contributed by atoms with van der Waals surface area (Å²) in [7, 11) is 0. The number of rotatable bonds is 2. The van der Waals surface area contributed by atoms with Crippen molar-refractivity contribution in [3.8, 4) is 5.75 Å². The van der Waals surface area contributed by atoms with Crippen LogP contribution >= 0.6 is 15.9 Å². The van der Waals surface area contributed by atoms with Gasteiger partial charge >= 0.3 is 0 Å². The summed E-state index contributed by atoms with van der Waals surface area (Å²) in [6.45, 7) is 0.513. The van der Waals surface area contributed by atoms with Crippen LogP contribution in [0.1, 0.15) is 5.56 Å². The maximum atomic E-state index is 9.28. The summed E-state index contributed by atoms with van der Waals surface area (Å²) in [5, 5.41) is 13.3. The molecule has 0 saturated heterocycles. The summed E-state index contributed by atoms with van der Waals surface area (Å²) in [6, 6.07) is 6.96. The molecule has 15 heavy (non-hydrogen) atoms. The number of phenolic OH excluding ortho intramolecular Hbond substituents is 1. The molecule has 0 aliphatic carbocycles. The molecular formula is C9H9BrN4O. The van der Waals surface area contributed by atoms with E-state index in [0.29, 0.717) is 11.3 Å². The van der Waals surface area contributed by atoms with Crippen molar-refractivity contribution in [2.45, 2.75) is 6.54 Å². The average molecular weight is 269 g/mol. The van der Waals surface area contributed by atoms with E-state index >= 15 is 0 Å². The Hall–Kier alpha value is -1.56. The monoisotopic (exact) mass is 268 g/mol. The van der Waals surface area contributed by atoms with Gasteiger partial charge in [0.15, 0.2) is 4.73 Å². The van der Waals surface area contributed by atoms with E-state index < -0.39 is 0 Å². The fourth-order valence-electron chi connectivity index (χ4n) is 1.27. The van der Waals surface area contributed by atoms with Crippen LogP contribution in [0, 0.1) is 0 Å². The van der Waals surface area contributed by atoms with Gasteiger partial charge in [-0.2, -0.15) is 4.98 Å². The summed E-state index contributed by atoms with van der Waals surface area (Å²) in [5.41, 5.74) is 6.37. The number of aromatic nitrogens is 3. The molecule has 0 saturated carbocycles. The first-order chi connectivity index (χ1) is 7.15. The third-order valence-corrected chi connectivity index (χ3v) is 2.47. The number of nitrogens with zero attached hydrogens (tertiary/aromatic N) is 3. The van der Waals surface area contributed by atoms with Crippen molar-refractivity contribution in [1.82, 2.24) is 14.8 Å². The topological polar surface area (TPSA) is 77.0 Å². The Morgan fingerprint density at radius 2 is 2.27 bits per heavy atom. The van der Waals surface area contributed by atoms with Crippen LogP contribution in [0.5, 0.6) is 5.75 Å². The molecule has 2 aromatic rings.